The fourth-order valence-electron chi connectivity index (χ4n) is 2.08. The molecule has 0 spiro atoms. The Morgan fingerprint density at radius 3 is 2.29 bits per heavy atom. The molecule has 0 aliphatic rings. The van der Waals surface area contributed by atoms with Gasteiger partial charge >= 0.3 is 0 Å². The molecule has 0 unspecified atom stereocenters. The third-order valence-electron chi connectivity index (χ3n) is 3.29. The Labute approximate surface area is 134 Å². The first-order valence-electron chi connectivity index (χ1n) is 6.89. The number of hydrogen-bond donors (Lipinski definition) is 1. The van der Waals surface area contributed by atoms with Gasteiger partial charge in [-0.3, -0.25) is 0 Å². The van der Waals surface area contributed by atoms with E-state index < -0.39 is 0 Å². The van der Waals surface area contributed by atoms with Crippen LogP contribution in [0, 0.1) is 0 Å². The largest absolute Gasteiger partial charge is 0.497 e. The highest BCUT2D eigenvalue weighted by Gasteiger charge is 2.01. The predicted octanol–water partition coefficient (Wildman–Crippen LogP) is 3.80. The summed E-state index contributed by atoms with van der Waals surface area (Å²) in [5.74, 6) is 1.76. The highest BCUT2D eigenvalue weighted by Crippen LogP contribution is 2.25. The lowest BCUT2D eigenvalue weighted by Gasteiger charge is -2.08. The van der Waals surface area contributed by atoms with Crippen LogP contribution in [0.15, 0.2) is 46.9 Å². The second kappa shape index (κ2) is 8.05. The zero-order valence-electron chi connectivity index (χ0n) is 12.4. The Morgan fingerprint density at radius 2 is 1.67 bits per heavy atom. The van der Waals surface area contributed by atoms with Crippen LogP contribution in [0.25, 0.3) is 0 Å². The molecule has 0 heterocycles. The molecule has 2 rings (SSSR count). The minimum absolute atomic E-state index is 0.846. The van der Waals surface area contributed by atoms with Crippen LogP contribution in [0.3, 0.4) is 0 Å². The van der Waals surface area contributed by atoms with Crippen molar-refractivity contribution in [2.75, 3.05) is 20.8 Å². The molecule has 2 aromatic rings. The van der Waals surface area contributed by atoms with Gasteiger partial charge in [0.15, 0.2) is 0 Å². The Morgan fingerprint density at radius 1 is 0.952 bits per heavy atom. The summed E-state index contributed by atoms with van der Waals surface area (Å²) in [7, 11) is 3.36. The van der Waals surface area contributed by atoms with E-state index in [2.05, 4.69) is 45.5 Å². The van der Waals surface area contributed by atoms with Gasteiger partial charge in [-0.15, -0.1) is 0 Å². The number of hydrogen-bond acceptors (Lipinski definition) is 3. The summed E-state index contributed by atoms with van der Waals surface area (Å²) in [6, 6.07) is 14.3. The molecule has 0 saturated heterocycles. The molecule has 4 heteroatoms. The second-order valence-electron chi connectivity index (χ2n) is 4.74. The Bertz CT molecular complexity index is 570. The number of halogens is 1. The molecular formula is C17H20BrNO2. The molecule has 0 aromatic heterocycles. The Balaban J connectivity index is 1.77. The van der Waals surface area contributed by atoms with Gasteiger partial charge in [0.1, 0.15) is 11.5 Å². The quantitative estimate of drug-likeness (QED) is 0.771. The van der Waals surface area contributed by atoms with Crippen molar-refractivity contribution in [3.8, 4) is 11.5 Å². The summed E-state index contributed by atoms with van der Waals surface area (Å²) in [5.41, 5.74) is 2.54. The van der Waals surface area contributed by atoms with Crippen LogP contribution in [0.5, 0.6) is 11.5 Å². The van der Waals surface area contributed by atoms with Crippen LogP contribution in [0.1, 0.15) is 11.1 Å². The van der Waals surface area contributed by atoms with E-state index in [4.69, 9.17) is 9.47 Å². The smallest absolute Gasteiger partial charge is 0.133 e. The minimum atomic E-state index is 0.846. The van der Waals surface area contributed by atoms with Crippen LogP contribution in [0.4, 0.5) is 0 Å². The van der Waals surface area contributed by atoms with E-state index in [1.807, 2.05) is 18.2 Å². The van der Waals surface area contributed by atoms with Crippen molar-refractivity contribution < 1.29 is 9.47 Å². The summed E-state index contributed by atoms with van der Waals surface area (Å²) in [5, 5.41) is 3.45. The molecule has 0 radical (unpaired) electrons. The molecule has 21 heavy (non-hydrogen) atoms. The molecule has 0 atom stereocenters. The van der Waals surface area contributed by atoms with Crippen LogP contribution in [-0.4, -0.2) is 20.8 Å². The van der Waals surface area contributed by atoms with Gasteiger partial charge in [-0.2, -0.15) is 0 Å². The average Bonchev–Trinajstić information content (AvgIpc) is 2.52. The molecule has 0 aliphatic carbocycles. The molecular weight excluding hydrogens is 330 g/mol. The third kappa shape index (κ3) is 4.76. The third-order valence-corrected chi connectivity index (χ3v) is 3.91. The number of methoxy groups -OCH3 is 2. The maximum absolute atomic E-state index is 5.22. The van der Waals surface area contributed by atoms with E-state index in [1.54, 1.807) is 14.2 Å². The molecule has 0 aliphatic heterocycles. The SMILES string of the molecule is COc1ccc(CCNCc2ccc(OC)c(Br)c2)cc1. The maximum Gasteiger partial charge on any atom is 0.133 e. The first kappa shape index (κ1) is 15.9. The highest BCUT2D eigenvalue weighted by molar-refractivity contribution is 9.10. The number of rotatable bonds is 7. The minimum Gasteiger partial charge on any atom is -0.497 e. The molecule has 0 amide bonds. The van der Waals surface area contributed by atoms with Gasteiger partial charge in [0.25, 0.3) is 0 Å². The summed E-state index contributed by atoms with van der Waals surface area (Å²) < 4.78 is 11.4. The lowest BCUT2D eigenvalue weighted by molar-refractivity contribution is 0.412. The molecule has 0 bridgehead atoms. The van der Waals surface area contributed by atoms with E-state index in [0.717, 1.165) is 35.5 Å². The van der Waals surface area contributed by atoms with E-state index >= 15 is 0 Å². The van der Waals surface area contributed by atoms with Crippen LogP contribution >= 0.6 is 15.9 Å². The molecule has 0 fully saturated rings. The molecule has 1 N–H and O–H groups in total. The van der Waals surface area contributed by atoms with E-state index in [0.29, 0.717) is 0 Å². The summed E-state index contributed by atoms with van der Waals surface area (Å²) in [6.45, 7) is 1.79. The van der Waals surface area contributed by atoms with E-state index in [1.165, 1.54) is 11.1 Å². The van der Waals surface area contributed by atoms with Crippen LogP contribution < -0.4 is 14.8 Å². The normalized spacial score (nSPS) is 10.4. The van der Waals surface area contributed by atoms with Crippen molar-refractivity contribution in [2.24, 2.45) is 0 Å². The lowest BCUT2D eigenvalue weighted by Crippen LogP contribution is -2.16. The molecule has 2 aromatic carbocycles. The maximum atomic E-state index is 5.22. The van der Waals surface area contributed by atoms with Crippen molar-refractivity contribution in [3.05, 3.63) is 58.1 Å². The lowest BCUT2D eigenvalue weighted by atomic mass is 10.1. The topological polar surface area (TPSA) is 30.5 Å². The Hall–Kier alpha value is -1.52. The van der Waals surface area contributed by atoms with Gasteiger partial charge in [0.2, 0.25) is 0 Å². The van der Waals surface area contributed by atoms with Crippen LogP contribution in [-0.2, 0) is 13.0 Å². The fraction of sp³-hybridized carbons (Fsp3) is 0.294. The van der Waals surface area contributed by atoms with Crippen molar-refractivity contribution in [3.63, 3.8) is 0 Å². The highest BCUT2D eigenvalue weighted by atomic mass is 79.9. The monoisotopic (exact) mass is 349 g/mol. The van der Waals surface area contributed by atoms with Gasteiger partial charge in [-0.1, -0.05) is 18.2 Å². The summed E-state index contributed by atoms with van der Waals surface area (Å²) >= 11 is 3.50. The van der Waals surface area contributed by atoms with Crippen LogP contribution in [0.2, 0.25) is 0 Å². The Kier molecular flexibility index (Phi) is 6.08. The fourth-order valence-corrected chi connectivity index (χ4v) is 2.67. The molecule has 112 valence electrons. The number of ether oxygens (including phenoxy) is 2. The molecule has 3 nitrogen and oxygen atoms in total. The van der Waals surface area contributed by atoms with Crippen molar-refractivity contribution in [1.82, 2.24) is 5.32 Å². The first-order valence-corrected chi connectivity index (χ1v) is 7.68. The number of nitrogens with one attached hydrogen (secondary N) is 1. The standard InChI is InChI=1S/C17H20BrNO2/c1-20-15-6-3-13(4-7-15)9-10-19-12-14-5-8-17(21-2)16(18)11-14/h3-8,11,19H,9-10,12H2,1-2H3. The van der Waals surface area contributed by atoms with E-state index in [-0.39, 0.29) is 0 Å². The van der Waals surface area contributed by atoms with Gasteiger partial charge in [-0.05, 0) is 64.3 Å². The zero-order valence-corrected chi connectivity index (χ0v) is 13.9. The summed E-state index contributed by atoms with van der Waals surface area (Å²) in [4.78, 5) is 0. The average molecular weight is 350 g/mol. The van der Waals surface area contributed by atoms with Gasteiger partial charge < -0.3 is 14.8 Å². The van der Waals surface area contributed by atoms with Gasteiger partial charge in [0, 0.05) is 6.54 Å². The number of benzene rings is 2. The second-order valence-corrected chi connectivity index (χ2v) is 5.60. The summed E-state index contributed by atoms with van der Waals surface area (Å²) in [6.07, 6.45) is 1.00. The predicted molar refractivity (Wildman–Crippen MR) is 89.1 cm³/mol. The molecule has 0 saturated carbocycles. The zero-order chi connectivity index (χ0) is 15.1. The van der Waals surface area contributed by atoms with Gasteiger partial charge in [0.05, 0.1) is 18.7 Å². The van der Waals surface area contributed by atoms with Crippen molar-refractivity contribution >= 4 is 15.9 Å². The van der Waals surface area contributed by atoms with Crippen molar-refractivity contribution in [1.29, 1.82) is 0 Å². The van der Waals surface area contributed by atoms with Gasteiger partial charge in [-0.25, -0.2) is 0 Å². The first-order chi connectivity index (χ1) is 10.2. The van der Waals surface area contributed by atoms with Crippen molar-refractivity contribution in [2.45, 2.75) is 13.0 Å². The van der Waals surface area contributed by atoms with E-state index in [9.17, 15) is 0 Å².